The van der Waals surface area contributed by atoms with Crippen LogP contribution in [0.15, 0.2) is 11.3 Å². The monoisotopic (exact) mass is 329 g/mol. The lowest BCUT2D eigenvalue weighted by Gasteiger charge is -2.57. The summed E-state index contributed by atoms with van der Waals surface area (Å²) in [6.07, 6.45) is 4.91. The number of aliphatic hydroxyl groups is 1. The first-order valence-corrected chi connectivity index (χ1v) is 9.09. The topological polar surface area (TPSA) is 78.2 Å². The van der Waals surface area contributed by atoms with E-state index in [0.29, 0.717) is 31.1 Å². The molecule has 5 atom stereocenters. The molecule has 0 radical (unpaired) electrons. The van der Waals surface area contributed by atoms with Gasteiger partial charge in [0.2, 0.25) is 0 Å². The van der Waals surface area contributed by atoms with Crippen molar-refractivity contribution >= 4 is 11.6 Å². The molecule has 4 heteroatoms. The molecule has 2 saturated carbocycles. The largest absolute Gasteiger partial charge is 0.504 e. The summed E-state index contributed by atoms with van der Waals surface area (Å²) in [7, 11) is 0. The molecule has 0 aromatic rings. The predicted octanol–water partition coefficient (Wildman–Crippen LogP) is 4.11. The summed E-state index contributed by atoms with van der Waals surface area (Å²) in [5, 5.41) is 19.7. The highest BCUT2D eigenvalue weighted by molar-refractivity contribution is 5.95. The number of hydrogen-bond donors (Lipinski definition) is 1. The van der Waals surface area contributed by atoms with Gasteiger partial charge in [0.1, 0.15) is 5.78 Å². The van der Waals surface area contributed by atoms with Crippen molar-refractivity contribution in [3.63, 3.8) is 0 Å². The Balaban J connectivity index is 2.02. The predicted molar refractivity (Wildman–Crippen MR) is 90.0 cm³/mol. The maximum Gasteiger partial charge on any atom is 0.197 e. The van der Waals surface area contributed by atoms with Crippen molar-refractivity contribution < 1.29 is 14.7 Å². The Morgan fingerprint density at radius 1 is 1.29 bits per heavy atom. The van der Waals surface area contributed by atoms with E-state index in [4.69, 9.17) is 0 Å². The van der Waals surface area contributed by atoms with Crippen LogP contribution in [0, 0.1) is 39.9 Å². The van der Waals surface area contributed by atoms with Crippen LogP contribution in [0.4, 0.5) is 0 Å². The lowest BCUT2D eigenvalue weighted by molar-refractivity contribution is -0.138. The van der Waals surface area contributed by atoms with Crippen molar-refractivity contribution in [2.24, 2.45) is 28.6 Å². The highest BCUT2D eigenvalue weighted by Crippen LogP contribution is 2.62. The van der Waals surface area contributed by atoms with Gasteiger partial charge in [-0.25, -0.2) is 0 Å². The van der Waals surface area contributed by atoms with Gasteiger partial charge in [0.15, 0.2) is 11.5 Å². The molecule has 4 nitrogen and oxygen atoms in total. The summed E-state index contributed by atoms with van der Waals surface area (Å²) in [6.45, 7) is 5.87. The van der Waals surface area contributed by atoms with E-state index in [0.717, 1.165) is 31.3 Å². The van der Waals surface area contributed by atoms with Crippen molar-refractivity contribution in [1.29, 1.82) is 5.26 Å². The second-order valence-corrected chi connectivity index (χ2v) is 8.46. The molecule has 0 unspecified atom stereocenters. The highest BCUT2D eigenvalue weighted by atomic mass is 16.3. The fraction of sp³-hybridized carbons (Fsp3) is 0.750. The average molecular weight is 329 g/mol. The van der Waals surface area contributed by atoms with Gasteiger partial charge in [-0.3, -0.25) is 9.59 Å². The van der Waals surface area contributed by atoms with E-state index in [-0.39, 0.29) is 28.7 Å². The molecule has 0 heterocycles. The summed E-state index contributed by atoms with van der Waals surface area (Å²) < 4.78 is 0. The maximum atomic E-state index is 12.3. The third-order valence-corrected chi connectivity index (χ3v) is 7.60. The minimum atomic E-state index is -0.416. The Morgan fingerprint density at radius 3 is 2.62 bits per heavy atom. The van der Waals surface area contributed by atoms with E-state index in [1.165, 1.54) is 0 Å². The number of Topliss-reactive ketones (excluding diaryl/α,β-unsaturated/α-hetero) is 2. The molecule has 0 aromatic carbocycles. The quantitative estimate of drug-likeness (QED) is 0.827. The number of rotatable bonds is 2. The zero-order valence-corrected chi connectivity index (χ0v) is 14.9. The molecule has 0 aliphatic heterocycles. The van der Waals surface area contributed by atoms with Crippen LogP contribution in [0.5, 0.6) is 0 Å². The molecule has 0 aromatic heterocycles. The first-order valence-electron chi connectivity index (χ1n) is 9.09. The van der Waals surface area contributed by atoms with Crippen LogP contribution in [0.1, 0.15) is 65.7 Å². The number of allylic oxidation sites excluding steroid dienone is 2. The number of fused-ring (bicyclic) bond motifs is 3. The highest BCUT2D eigenvalue weighted by Gasteiger charge is 2.57. The molecule has 3 aliphatic rings. The van der Waals surface area contributed by atoms with Crippen LogP contribution >= 0.6 is 0 Å². The fourth-order valence-electron chi connectivity index (χ4n) is 5.92. The van der Waals surface area contributed by atoms with Crippen LogP contribution in [0.2, 0.25) is 0 Å². The molecule has 1 N–H and O–H groups in total. The maximum absolute atomic E-state index is 12.3. The Labute approximate surface area is 143 Å². The van der Waals surface area contributed by atoms with Crippen molar-refractivity contribution in [2.75, 3.05) is 0 Å². The second-order valence-electron chi connectivity index (χ2n) is 8.46. The number of aliphatic hydroxyl groups excluding tert-OH is 1. The van der Waals surface area contributed by atoms with Gasteiger partial charge in [0, 0.05) is 18.3 Å². The molecule has 3 aliphatic carbocycles. The van der Waals surface area contributed by atoms with Crippen LogP contribution in [-0.2, 0) is 9.59 Å². The van der Waals surface area contributed by atoms with Gasteiger partial charge in [-0.05, 0) is 67.8 Å². The number of hydrogen-bond acceptors (Lipinski definition) is 4. The van der Waals surface area contributed by atoms with Crippen LogP contribution in [-0.4, -0.2) is 16.7 Å². The minimum absolute atomic E-state index is 0.000985. The minimum Gasteiger partial charge on any atom is -0.504 e. The van der Waals surface area contributed by atoms with Crippen LogP contribution < -0.4 is 0 Å². The second kappa shape index (κ2) is 5.72. The molecule has 130 valence electrons. The molecular weight excluding hydrogens is 302 g/mol. The van der Waals surface area contributed by atoms with Crippen LogP contribution in [0.3, 0.4) is 0 Å². The fourth-order valence-corrected chi connectivity index (χ4v) is 5.92. The molecular formula is C20H27NO3. The standard InChI is InChI=1S/C20H27NO3/c1-12(22)19(2)9-6-14-13(15(19)8-11-21)4-5-16-18(24)17(23)7-10-20(14,16)3/h13-15,24H,4-10H2,1-3H3/t13-,14+,15+,19-,20-/m1/s1. The average Bonchev–Trinajstić information content (AvgIpc) is 2.54. The van der Waals surface area contributed by atoms with Gasteiger partial charge in [-0.2, -0.15) is 5.26 Å². The normalized spacial score (nSPS) is 42.1. The Morgan fingerprint density at radius 2 is 2.00 bits per heavy atom. The van der Waals surface area contributed by atoms with Gasteiger partial charge >= 0.3 is 0 Å². The van der Waals surface area contributed by atoms with E-state index in [2.05, 4.69) is 13.0 Å². The molecule has 24 heavy (non-hydrogen) atoms. The van der Waals surface area contributed by atoms with Gasteiger partial charge in [-0.1, -0.05) is 13.8 Å². The van der Waals surface area contributed by atoms with Gasteiger partial charge in [0.05, 0.1) is 6.07 Å². The lowest BCUT2D eigenvalue weighted by atomic mass is 9.46. The van der Waals surface area contributed by atoms with Gasteiger partial charge in [-0.15, -0.1) is 0 Å². The zero-order valence-electron chi connectivity index (χ0n) is 14.9. The van der Waals surface area contributed by atoms with E-state index < -0.39 is 5.41 Å². The lowest BCUT2D eigenvalue weighted by Crippen LogP contribution is -2.53. The third kappa shape index (κ3) is 2.24. The number of nitrogens with zero attached hydrogens (tertiary/aromatic N) is 1. The summed E-state index contributed by atoms with van der Waals surface area (Å²) in [5.41, 5.74) is 0.357. The molecule has 0 amide bonds. The summed E-state index contributed by atoms with van der Waals surface area (Å²) in [6, 6.07) is 2.31. The van der Waals surface area contributed by atoms with Crippen LogP contribution in [0.25, 0.3) is 0 Å². The number of carbonyl (C=O) groups is 2. The number of nitriles is 1. The summed E-state index contributed by atoms with van der Waals surface area (Å²) in [5.74, 6) is 0.813. The van der Waals surface area contributed by atoms with Crippen molar-refractivity contribution in [2.45, 2.75) is 65.7 Å². The summed E-state index contributed by atoms with van der Waals surface area (Å²) in [4.78, 5) is 24.2. The van der Waals surface area contributed by atoms with E-state index in [9.17, 15) is 20.0 Å². The Kier molecular flexibility index (Phi) is 4.10. The molecule has 2 fully saturated rings. The Hall–Kier alpha value is -1.63. The van der Waals surface area contributed by atoms with Gasteiger partial charge < -0.3 is 5.11 Å². The third-order valence-electron chi connectivity index (χ3n) is 7.60. The van der Waals surface area contributed by atoms with E-state index >= 15 is 0 Å². The summed E-state index contributed by atoms with van der Waals surface area (Å²) >= 11 is 0. The SMILES string of the molecule is CC(=O)[C@@]1(C)CC[C@H]2[C@@H](CCC3=C(O)C(=O)CC[C@@]32C)[C@@H]1CC#N. The van der Waals surface area contributed by atoms with E-state index in [1.54, 1.807) is 6.92 Å². The number of ketones is 2. The van der Waals surface area contributed by atoms with Crippen molar-refractivity contribution in [3.05, 3.63) is 11.3 Å². The smallest absolute Gasteiger partial charge is 0.197 e. The zero-order chi connectivity index (χ0) is 17.7. The van der Waals surface area contributed by atoms with Crippen molar-refractivity contribution in [3.8, 4) is 6.07 Å². The number of carbonyl (C=O) groups excluding carboxylic acids is 2. The molecule has 0 spiro atoms. The molecule has 3 rings (SSSR count). The first-order chi connectivity index (χ1) is 11.3. The first kappa shape index (κ1) is 17.2. The van der Waals surface area contributed by atoms with Crippen molar-refractivity contribution in [1.82, 2.24) is 0 Å². The molecule has 0 saturated heterocycles. The Bertz CT molecular complexity index is 658. The van der Waals surface area contributed by atoms with E-state index in [1.807, 2.05) is 6.92 Å². The van der Waals surface area contributed by atoms with Gasteiger partial charge in [0.25, 0.3) is 0 Å². The molecule has 0 bridgehead atoms.